The molecule has 2 N–H and O–H groups in total. The zero-order valence-corrected chi connectivity index (χ0v) is 19.0. The maximum absolute atomic E-state index is 11.6. The molecule has 0 saturated heterocycles. The molecule has 0 atom stereocenters. The normalized spacial score (nSPS) is 18.2. The average molecular weight is 453 g/mol. The lowest BCUT2D eigenvalue weighted by atomic mass is 9.80. The number of methoxy groups -OCH3 is 2. The van der Waals surface area contributed by atoms with Gasteiger partial charge in [-0.1, -0.05) is 6.07 Å². The van der Waals surface area contributed by atoms with E-state index in [4.69, 9.17) is 19.6 Å². The minimum atomic E-state index is -1.15. The molecule has 1 aromatic carbocycles. The lowest BCUT2D eigenvalue weighted by Gasteiger charge is -2.27. The van der Waals surface area contributed by atoms with E-state index in [-0.39, 0.29) is 11.9 Å². The van der Waals surface area contributed by atoms with Crippen LogP contribution in [-0.2, 0) is 9.53 Å². The number of hydrogen-bond donors (Lipinski definition) is 2. The number of nitrogens with zero attached hydrogens (tertiary/aromatic N) is 3. The lowest BCUT2D eigenvalue weighted by Crippen LogP contribution is -2.18. The van der Waals surface area contributed by atoms with Gasteiger partial charge in [0.2, 0.25) is 0 Å². The summed E-state index contributed by atoms with van der Waals surface area (Å²) in [7, 11) is 2.93. The van der Waals surface area contributed by atoms with Crippen LogP contribution in [0.2, 0.25) is 0 Å². The number of hydrogen-bond acceptors (Lipinski definition) is 6. The molecule has 2 heterocycles. The van der Waals surface area contributed by atoms with Crippen LogP contribution < -0.4 is 10.1 Å². The Labute approximate surface area is 191 Å². The fraction of sp³-hybridized carbons (Fsp3) is 0.417. The van der Waals surface area contributed by atoms with Gasteiger partial charge in [0, 0.05) is 30.3 Å². The summed E-state index contributed by atoms with van der Waals surface area (Å²) in [5.41, 5.74) is 3.76. The molecule has 3 aromatic rings. The second kappa shape index (κ2) is 9.48. The summed E-state index contributed by atoms with van der Waals surface area (Å²) in [6.45, 7) is 1.95. The molecule has 0 unspecified atom stereocenters. The largest absolute Gasteiger partial charge is 0.495 e. The maximum atomic E-state index is 11.6. The van der Waals surface area contributed by atoms with Gasteiger partial charge in [-0.2, -0.15) is 0 Å². The quantitative estimate of drug-likeness (QED) is 0.524. The third-order valence-electron chi connectivity index (χ3n) is 6.38. The number of carbonyl (C=O) groups is 2. The van der Waals surface area contributed by atoms with E-state index < -0.39 is 6.09 Å². The summed E-state index contributed by atoms with van der Waals surface area (Å²) >= 11 is 0. The van der Waals surface area contributed by atoms with Gasteiger partial charge in [-0.3, -0.25) is 19.5 Å². The number of esters is 1. The standard InChI is InChI=1S/C24H28N4O5/c1-14-22-21(17-8-9-18(26-24(30)31)19(13-17)32-2)27-23(28(22)11-10-25-14)16-6-4-15(5-7-16)12-20(29)33-3/h8-11,13,15-16,26H,4-7,12H2,1-3H3,(H,30,31). The van der Waals surface area contributed by atoms with Gasteiger partial charge in [0.05, 0.1) is 36.8 Å². The number of carbonyl (C=O) groups excluding carboxylic acids is 1. The van der Waals surface area contributed by atoms with E-state index in [0.717, 1.165) is 54.0 Å². The van der Waals surface area contributed by atoms with Crippen molar-refractivity contribution in [2.75, 3.05) is 19.5 Å². The number of anilines is 1. The van der Waals surface area contributed by atoms with Gasteiger partial charge >= 0.3 is 12.1 Å². The number of imidazole rings is 1. The molecule has 0 spiro atoms. The average Bonchev–Trinajstić information content (AvgIpc) is 3.20. The summed E-state index contributed by atoms with van der Waals surface area (Å²) in [6.07, 6.45) is 6.84. The van der Waals surface area contributed by atoms with Crippen LogP contribution in [0.5, 0.6) is 5.75 Å². The summed E-state index contributed by atoms with van der Waals surface area (Å²) < 4.78 is 12.3. The van der Waals surface area contributed by atoms with E-state index in [2.05, 4.69) is 14.7 Å². The summed E-state index contributed by atoms with van der Waals surface area (Å²) in [5.74, 6) is 1.87. The number of aryl methyl sites for hydroxylation is 1. The van der Waals surface area contributed by atoms with Crippen molar-refractivity contribution in [1.82, 2.24) is 14.4 Å². The number of aromatic nitrogens is 3. The number of amides is 1. The molecule has 4 rings (SSSR count). The highest BCUT2D eigenvalue weighted by Gasteiger charge is 2.28. The zero-order valence-electron chi connectivity index (χ0n) is 19.0. The highest BCUT2D eigenvalue weighted by molar-refractivity contribution is 5.88. The number of ether oxygens (including phenoxy) is 2. The first-order chi connectivity index (χ1) is 15.9. The van der Waals surface area contributed by atoms with Crippen LogP contribution in [0.3, 0.4) is 0 Å². The van der Waals surface area contributed by atoms with E-state index in [1.165, 1.54) is 14.2 Å². The number of rotatable bonds is 6. The van der Waals surface area contributed by atoms with Gasteiger partial charge in [0.15, 0.2) is 0 Å². The summed E-state index contributed by atoms with van der Waals surface area (Å²) in [5, 5.41) is 11.4. The van der Waals surface area contributed by atoms with Gasteiger partial charge in [0.1, 0.15) is 11.6 Å². The highest BCUT2D eigenvalue weighted by Crippen LogP contribution is 2.40. The van der Waals surface area contributed by atoms with Gasteiger partial charge < -0.3 is 14.6 Å². The molecule has 9 heteroatoms. The first kappa shape index (κ1) is 22.6. The Bertz CT molecular complexity index is 1180. The Balaban J connectivity index is 1.69. The van der Waals surface area contributed by atoms with Gasteiger partial charge in [-0.25, -0.2) is 9.78 Å². The fourth-order valence-electron chi connectivity index (χ4n) is 4.71. The monoisotopic (exact) mass is 452 g/mol. The molecule has 1 aliphatic rings. The predicted molar refractivity (Wildman–Crippen MR) is 123 cm³/mol. The highest BCUT2D eigenvalue weighted by atomic mass is 16.5. The molecular weight excluding hydrogens is 424 g/mol. The summed E-state index contributed by atoms with van der Waals surface area (Å²) in [4.78, 5) is 32.2. The molecule has 174 valence electrons. The Morgan fingerprint density at radius 1 is 1.21 bits per heavy atom. The van der Waals surface area contributed by atoms with E-state index in [0.29, 0.717) is 23.8 Å². The Morgan fingerprint density at radius 3 is 2.64 bits per heavy atom. The Morgan fingerprint density at radius 2 is 1.97 bits per heavy atom. The van der Waals surface area contributed by atoms with Gasteiger partial charge in [-0.15, -0.1) is 0 Å². The van der Waals surface area contributed by atoms with E-state index in [9.17, 15) is 9.59 Å². The van der Waals surface area contributed by atoms with E-state index >= 15 is 0 Å². The predicted octanol–water partition coefficient (Wildman–Crippen LogP) is 4.64. The van der Waals surface area contributed by atoms with Crippen LogP contribution in [0.4, 0.5) is 10.5 Å². The maximum Gasteiger partial charge on any atom is 0.409 e. The van der Waals surface area contributed by atoms with Crippen molar-refractivity contribution in [3.05, 3.63) is 42.1 Å². The van der Waals surface area contributed by atoms with Gasteiger partial charge in [-0.05, 0) is 50.7 Å². The second-order valence-electron chi connectivity index (χ2n) is 8.39. The molecule has 1 amide bonds. The third-order valence-corrected chi connectivity index (χ3v) is 6.38. The molecule has 0 bridgehead atoms. The topological polar surface area (TPSA) is 115 Å². The van der Waals surface area contributed by atoms with Crippen molar-refractivity contribution in [3.8, 4) is 17.0 Å². The number of carboxylic acid groups (broad SMARTS) is 1. The van der Waals surface area contributed by atoms with Crippen molar-refractivity contribution < 1.29 is 24.2 Å². The molecule has 1 saturated carbocycles. The SMILES string of the molecule is COC(=O)CC1CCC(c2nc(-c3ccc(NC(=O)O)c(OC)c3)c3c(C)nccn23)CC1. The number of nitrogens with one attached hydrogen (secondary N) is 1. The number of benzene rings is 1. The Kier molecular flexibility index (Phi) is 6.48. The van der Waals surface area contributed by atoms with Crippen molar-refractivity contribution in [2.45, 2.75) is 44.9 Å². The molecule has 9 nitrogen and oxygen atoms in total. The zero-order chi connectivity index (χ0) is 23.5. The number of fused-ring (bicyclic) bond motifs is 1. The third kappa shape index (κ3) is 4.62. The minimum absolute atomic E-state index is 0.150. The second-order valence-corrected chi connectivity index (χ2v) is 8.39. The molecule has 33 heavy (non-hydrogen) atoms. The van der Waals surface area contributed by atoms with Crippen molar-refractivity contribution in [1.29, 1.82) is 0 Å². The molecule has 0 radical (unpaired) electrons. The van der Waals surface area contributed by atoms with Crippen LogP contribution in [0.1, 0.15) is 49.5 Å². The Hall–Kier alpha value is -3.62. The van der Waals surface area contributed by atoms with Crippen LogP contribution in [0.15, 0.2) is 30.6 Å². The molecule has 1 aliphatic carbocycles. The molecule has 2 aromatic heterocycles. The van der Waals surface area contributed by atoms with Crippen LogP contribution >= 0.6 is 0 Å². The van der Waals surface area contributed by atoms with Crippen molar-refractivity contribution >= 4 is 23.3 Å². The van der Waals surface area contributed by atoms with Crippen LogP contribution in [-0.4, -0.2) is 45.8 Å². The molecule has 0 aliphatic heterocycles. The lowest BCUT2D eigenvalue weighted by molar-refractivity contribution is -0.142. The first-order valence-corrected chi connectivity index (χ1v) is 11.0. The molecular formula is C24H28N4O5. The van der Waals surface area contributed by atoms with Gasteiger partial charge in [0.25, 0.3) is 0 Å². The van der Waals surface area contributed by atoms with Crippen LogP contribution in [0.25, 0.3) is 16.8 Å². The van der Waals surface area contributed by atoms with E-state index in [1.54, 1.807) is 18.3 Å². The first-order valence-electron chi connectivity index (χ1n) is 11.0. The van der Waals surface area contributed by atoms with Crippen molar-refractivity contribution in [2.24, 2.45) is 5.92 Å². The van der Waals surface area contributed by atoms with Crippen molar-refractivity contribution in [3.63, 3.8) is 0 Å². The fourth-order valence-corrected chi connectivity index (χ4v) is 4.71. The smallest absolute Gasteiger partial charge is 0.409 e. The minimum Gasteiger partial charge on any atom is -0.495 e. The van der Waals surface area contributed by atoms with Crippen LogP contribution in [0, 0.1) is 12.8 Å². The van der Waals surface area contributed by atoms with E-state index in [1.807, 2.05) is 19.2 Å². The molecule has 1 fully saturated rings. The summed E-state index contributed by atoms with van der Waals surface area (Å²) in [6, 6.07) is 5.30.